The van der Waals surface area contributed by atoms with E-state index in [9.17, 15) is 5.26 Å². The number of unbranched alkanes of at least 4 members (excludes halogenated alkanes) is 4. The zero-order valence-electron chi connectivity index (χ0n) is 17.9. The van der Waals surface area contributed by atoms with E-state index in [0.29, 0.717) is 0 Å². The molecular formula is C25H45N. The predicted octanol–water partition coefficient (Wildman–Crippen LogP) is 8.43. The highest BCUT2D eigenvalue weighted by Crippen LogP contribution is 2.45. The fourth-order valence-electron chi connectivity index (χ4n) is 5.59. The van der Waals surface area contributed by atoms with Gasteiger partial charge in [-0.2, -0.15) is 5.26 Å². The Labute approximate surface area is 164 Å². The third-order valence-corrected chi connectivity index (χ3v) is 7.73. The summed E-state index contributed by atoms with van der Waals surface area (Å²) < 4.78 is 0. The molecule has 150 valence electrons. The SMILES string of the molecule is CCCCCC1CCC(CCC2(C#N)CCC(CCCCC)CC2)CC1. The third kappa shape index (κ3) is 7.25. The van der Waals surface area contributed by atoms with Crippen LogP contribution in [-0.4, -0.2) is 0 Å². The van der Waals surface area contributed by atoms with Crippen LogP contribution in [-0.2, 0) is 0 Å². The van der Waals surface area contributed by atoms with E-state index in [1.165, 1.54) is 116 Å². The summed E-state index contributed by atoms with van der Waals surface area (Å²) in [5.41, 5.74) is 0.0409. The van der Waals surface area contributed by atoms with Crippen molar-refractivity contribution in [1.82, 2.24) is 0 Å². The molecule has 0 aliphatic heterocycles. The van der Waals surface area contributed by atoms with Crippen LogP contribution >= 0.6 is 0 Å². The molecule has 2 aliphatic rings. The number of rotatable bonds is 11. The van der Waals surface area contributed by atoms with Gasteiger partial charge < -0.3 is 0 Å². The molecule has 0 saturated heterocycles. The molecular weight excluding hydrogens is 314 g/mol. The van der Waals surface area contributed by atoms with Crippen LogP contribution in [0, 0.1) is 34.5 Å². The maximum Gasteiger partial charge on any atom is 0.0689 e. The van der Waals surface area contributed by atoms with Gasteiger partial charge in [0.1, 0.15) is 0 Å². The van der Waals surface area contributed by atoms with E-state index in [4.69, 9.17) is 0 Å². The fraction of sp³-hybridized carbons (Fsp3) is 0.960. The molecule has 0 radical (unpaired) electrons. The van der Waals surface area contributed by atoms with Crippen molar-refractivity contribution in [3.05, 3.63) is 0 Å². The highest BCUT2D eigenvalue weighted by Gasteiger charge is 2.35. The molecule has 0 amide bonds. The molecule has 0 aromatic heterocycles. The summed E-state index contributed by atoms with van der Waals surface area (Å²) in [6, 6.07) is 2.79. The van der Waals surface area contributed by atoms with Crippen molar-refractivity contribution >= 4 is 0 Å². The van der Waals surface area contributed by atoms with E-state index in [1.807, 2.05) is 0 Å². The van der Waals surface area contributed by atoms with Gasteiger partial charge in [-0.3, -0.25) is 0 Å². The Bertz CT molecular complexity index is 391. The Morgan fingerprint density at radius 1 is 0.692 bits per heavy atom. The zero-order chi connectivity index (χ0) is 18.7. The molecule has 2 saturated carbocycles. The monoisotopic (exact) mass is 359 g/mol. The Morgan fingerprint density at radius 3 is 1.62 bits per heavy atom. The predicted molar refractivity (Wildman–Crippen MR) is 113 cm³/mol. The summed E-state index contributed by atoms with van der Waals surface area (Å²) in [5.74, 6) is 2.85. The normalized spacial score (nSPS) is 32.3. The molecule has 0 N–H and O–H groups in total. The minimum absolute atomic E-state index is 0.0409. The van der Waals surface area contributed by atoms with Crippen molar-refractivity contribution in [2.45, 2.75) is 129 Å². The number of nitriles is 1. The lowest BCUT2D eigenvalue weighted by atomic mass is 9.66. The van der Waals surface area contributed by atoms with E-state index in [1.54, 1.807) is 0 Å². The van der Waals surface area contributed by atoms with E-state index in [-0.39, 0.29) is 5.41 Å². The van der Waals surface area contributed by atoms with Crippen molar-refractivity contribution in [2.24, 2.45) is 23.2 Å². The largest absolute Gasteiger partial charge is 0.198 e. The number of nitrogens with zero attached hydrogens (tertiary/aromatic N) is 1. The molecule has 0 aromatic carbocycles. The molecule has 0 aromatic rings. The minimum Gasteiger partial charge on any atom is -0.198 e. The first-order valence-electron chi connectivity index (χ1n) is 12.1. The molecule has 2 rings (SSSR count). The highest BCUT2D eigenvalue weighted by molar-refractivity contribution is 5.01. The molecule has 1 nitrogen and oxygen atoms in total. The van der Waals surface area contributed by atoms with Crippen LogP contribution in [0.4, 0.5) is 0 Å². The van der Waals surface area contributed by atoms with Crippen molar-refractivity contribution in [3.63, 3.8) is 0 Å². The molecule has 2 fully saturated rings. The molecule has 26 heavy (non-hydrogen) atoms. The topological polar surface area (TPSA) is 23.8 Å². The summed E-state index contributed by atoms with van der Waals surface area (Å²) in [5, 5.41) is 9.88. The van der Waals surface area contributed by atoms with E-state index in [2.05, 4.69) is 19.9 Å². The first kappa shape index (κ1) is 21.8. The van der Waals surface area contributed by atoms with Crippen molar-refractivity contribution in [2.75, 3.05) is 0 Å². The third-order valence-electron chi connectivity index (χ3n) is 7.73. The van der Waals surface area contributed by atoms with Gasteiger partial charge in [0.15, 0.2) is 0 Å². The minimum atomic E-state index is 0.0409. The molecule has 1 heteroatoms. The summed E-state index contributed by atoms with van der Waals surface area (Å²) in [6.45, 7) is 4.60. The maximum absolute atomic E-state index is 9.88. The van der Waals surface area contributed by atoms with Crippen LogP contribution in [0.5, 0.6) is 0 Å². The lowest BCUT2D eigenvalue weighted by Gasteiger charge is -2.37. The molecule has 0 bridgehead atoms. The number of hydrogen-bond donors (Lipinski definition) is 0. The Hall–Kier alpha value is -0.510. The first-order valence-corrected chi connectivity index (χ1v) is 12.1. The highest BCUT2D eigenvalue weighted by atomic mass is 14.4. The van der Waals surface area contributed by atoms with Crippen molar-refractivity contribution in [3.8, 4) is 6.07 Å². The van der Waals surface area contributed by atoms with Gasteiger partial charge in [0.25, 0.3) is 0 Å². The van der Waals surface area contributed by atoms with Crippen LogP contribution in [0.15, 0.2) is 0 Å². The summed E-state index contributed by atoms with van der Waals surface area (Å²) >= 11 is 0. The second-order valence-electron chi connectivity index (χ2n) is 9.75. The van der Waals surface area contributed by atoms with Gasteiger partial charge in [0.05, 0.1) is 11.5 Å². The van der Waals surface area contributed by atoms with E-state index in [0.717, 1.165) is 17.8 Å². The van der Waals surface area contributed by atoms with Gasteiger partial charge in [-0.15, -0.1) is 0 Å². The van der Waals surface area contributed by atoms with E-state index < -0.39 is 0 Å². The van der Waals surface area contributed by atoms with Gasteiger partial charge in [0, 0.05) is 0 Å². The second-order valence-corrected chi connectivity index (χ2v) is 9.75. The molecule has 0 atom stereocenters. The fourth-order valence-corrected chi connectivity index (χ4v) is 5.59. The maximum atomic E-state index is 9.88. The average Bonchev–Trinajstić information content (AvgIpc) is 2.69. The van der Waals surface area contributed by atoms with E-state index >= 15 is 0 Å². The Morgan fingerprint density at radius 2 is 1.15 bits per heavy atom. The van der Waals surface area contributed by atoms with Crippen LogP contribution in [0.3, 0.4) is 0 Å². The molecule has 0 spiro atoms. The summed E-state index contributed by atoms with van der Waals surface area (Å²) in [6.07, 6.45) is 24.6. The van der Waals surface area contributed by atoms with Crippen molar-refractivity contribution in [1.29, 1.82) is 5.26 Å². The average molecular weight is 360 g/mol. The smallest absolute Gasteiger partial charge is 0.0689 e. The summed E-state index contributed by atoms with van der Waals surface area (Å²) in [4.78, 5) is 0. The van der Waals surface area contributed by atoms with Gasteiger partial charge >= 0.3 is 0 Å². The van der Waals surface area contributed by atoms with Gasteiger partial charge in [0.2, 0.25) is 0 Å². The first-order chi connectivity index (χ1) is 12.7. The molecule has 2 aliphatic carbocycles. The molecule has 0 heterocycles. The zero-order valence-corrected chi connectivity index (χ0v) is 17.9. The van der Waals surface area contributed by atoms with Gasteiger partial charge in [-0.1, -0.05) is 90.9 Å². The number of hydrogen-bond acceptors (Lipinski definition) is 1. The van der Waals surface area contributed by atoms with Gasteiger partial charge in [-0.25, -0.2) is 0 Å². The van der Waals surface area contributed by atoms with Gasteiger partial charge in [-0.05, 0) is 56.3 Å². The van der Waals surface area contributed by atoms with Crippen LogP contribution in [0.1, 0.15) is 129 Å². The quantitative estimate of drug-likeness (QED) is 0.339. The lowest BCUT2D eigenvalue weighted by molar-refractivity contribution is 0.162. The van der Waals surface area contributed by atoms with Crippen LogP contribution in [0.25, 0.3) is 0 Å². The summed E-state index contributed by atoms with van der Waals surface area (Å²) in [7, 11) is 0. The lowest BCUT2D eigenvalue weighted by Crippen LogP contribution is -2.27. The Balaban J connectivity index is 1.64. The molecule has 0 unspecified atom stereocenters. The van der Waals surface area contributed by atoms with Crippen molar-refractivity contribution < 1.29 is 0 Å². The van der Waals surface area contributed by atoms with Crippen LogP contribution in [0.2, 0.25) is 0 Å². The Kier molecular flexibility index (Phi) is 10.1. The second kappa shape index (κ2) is 12.0. The standard InChI is InChI=1S/C25H45N/c1-3-5-7-9-22-11-13-24(14-12-22)17-20-25(21-26)18-15-23(16-19-25)10-8-6-4-2/h22-24H,3-20H2,1-2H3. The van der Waals surface area contributed by atoms with Crippen LogP contribution < -0.4 is 0 Å².